The number of carbonyl (C=O) groups is 1. The molecule has 0 aliphatic heterocycles. The van der Waals surface area contributed by atoms with E-state index in [1.54, 1.807) is 32.9 Å². The van der Waals surface area contributed by atoms with E-state index in [0.717, 1.165) is 27.7 Å². The lowest BCUT2D eigenvalue weighted by Gasteiger charge is -2.15. The first-order chi connectivity index (χ1) is 13.6. The van der Waals surface area contributed by atoms with E-state index in [2.05, 4.69) is 15.3 Å². The molecule has 0 saturated heterocycles. The van der Waals surface area contributed by atoms with E-state index in [1.807, 2.05) is 0 Å². The van der Waals surface area contributed by atoms with Crippen LogP contribution in [0.5, 0.6) is 0 Å². The van der Waals surface area contributed by atoms with Gasteiger partial charge in [0, 0.05) is 10.9 Å². The van der Waals surface area contributed by atoms with Crippen molar-refractivity contribution < 1.29 is 23.1 Å². The van der Waals surface area contributed by atoms with Gasteiger partial charge >= 0.3 is 12.1 Å². The van der Waals surface area contributed by atoms with Gasteiger partial charge in [0.05, 0.1) is 34.2 Å². The summed E-state index contributed by atoms with van der Waals surface area (Å²) < 4.78 is 42.7. The van der Waals surface area contributed by atoms with Crippen molar-refractivity contribution in [3.63, 3.8) is 0 Å². The summed E-state index contributed by atoms with van der Waals surface area (Å²) in [5.74, 6) is -1.50. The minimum atomic E-state index is -4.64. The SMILES string of the molecule is Cc1cc(-c2c(C(F)(F)F)ccc3c(C(=O)O)c(C(C)C)nn23)cc2cn[nH]c12. The van der Waals surface area contributed by atoms with E-state index >= 15 is 0 Å². The number of carboxylic acids is 1. The van der Waals surface area contributed by atoms with Crippen molar-refractivity contribution in [1.82, 2.24) is 19.8 Å². The van der Waals surface area contributed by atoms with E-state index in [0.29, 0.717) is 5.39 Å². The van der Waals surface area contributed by atoms with Gasteiger partial charge in [-0.05, 0) is 42.7 Å². The molecule has 0 aliphatic rings. The number of fused-ring (bicyclic) bond motifs is 2. The molecule has 0 aliphatic carbocycles. The Morgan fingerprint density at radius 1 is 1.24 bits per heavy atom. The highest BCUT2D eigenvalue weighted by atomic mass is 19.4. The average Bonchev–Trinajstić information content (AvgIpc) is 3.24. The molecule has 0 radical (unpaired) electrons. The molecule has 2 N–H and O–H groups in total. The van der Waals surface area contributed by atoms with E-state index in [9.17, 15) is 23.1 Å². The zero-order valence-corrected chi connectivity index (χ0v) is 15.8. The first kappa shape index (κ1) is 19.0. The molecule has 0 unspecified atom stereocenters. The molecule has 0 saturated carbocycles. The smallest absolute Gasteiger partial charge is 0.418 e. The van der Waals surface area contributed by atoms with E-state index in [-0.39, 0.29) is 33.9 Å². The third kappa shape index (κ3) is 2.93. The number of benzene rings is 1. The molecule has 4 rings (SSSR count). The second-order valence-electron chi connectivity index (χ2n) is 7.24. The Hall–Kier alpha value is -3.36. The number of rotatable bonds is 3. The van der Waals surface area contributed by atoms with Gasteiger partial charge in [0.1, 0.15) is 5.56 Å². The van der Waals surface area contributed by atoms with Gasteiger partial charge in [-0.15, -0.1) is 0 Å². The molecule has 6 nitrogen and oxygen atoms in total. The third-order valence-electron chi connectivity index (χ3n) is 4.91. The van der Waals surface area contributed by atoms with Crippen LogP contribution in [0.4, 0.5) is 13.2 Å². The summed E-state index contributed by atoms with van der Waals surface area (Å²) in [5.41, 5.74) is 0.907. The molecule has 0 atom stereocenters. The molecular formula is C20H17F3N4O2. The Morgan fingerprint density at radius 2 is 1.97 bits per heavy atom. The van der Waals surface area contributed by atoms with Crippen LogP contribution >= 0.6 is 0 Å². The zero-order valence-electron chi connectivity index (χ0n) is 15.8. The number of aromatic carboxylic acids is 1. The molecule has 150 valence electrons. The molecule has 0 bridgehead atoms. The Bertz CT molecular complexity index is 1270. The van der Waals surface area contributed by atoms with E-state index < -0.39 is 17.7 Å². The van der Waals surface area contributed by atoms with Crippen molar-refractivity contribution in [2.75, 3.05) is 0 Å². The number of alkyl halides is 3. The summed E-state index contributed by atoms with van der Waals surface area (Å²) in [4.78, 5) is 11.8. The quantitative estimate of drug-likeness (QED) is 0.504. The second kappa shape index (κ2) is 6.33. The predicted molar refractivity (Wildman–Crippen MR) is 101 cm³/mol. The summed E-state index contributed by atoms with van der Waals surface area (Å²) in [6.45, 7) is 5.27. The molecule has 0 spiro atoms. The van der Waals surface area contributed by atoms with Gasteiger partial charge in [0.2, 0.25) is 0 Å². The highest BCUT2D eigenvalue weighted by molar-refractivity contribution is 5.98. The topological polar surface area (TPSA) is 83.3 Å². The summed E-state index contributed by atoms with van der Waals surface area (Å²) >= 11 is 0. The summed E-state index contributed by atoms with van der Waals surface area (Å²) in [6.07, 6.45) is -3.11. The highest BCUT2D eigenvalue weighted by Gasteiger charge is 2.36. The zero-order chi connectivity index (χ0) is 21.1. The van der Waals surface area contributed by atoms with Crippen LogP contribution in [0.1, 0.15) is 46.9 Å². The number of aromatic nitrogens is 4. The number of carboxylic acid groups (broad SMARTS) is 1. The molecular weight excluding hydrogens is 385 g/mol. The lowest BCUT2D eigenvalue weighted by atomic mass is 10.00. The van der Waals surface area contributed by atoms with Gasteiger partial charge in [-0.25, -0.2) is 9.31 Å². The van der Waals surface area contributed by atoms with Gasteiger partial charge in [-0.3, -0.25) is 5.10 Å². The molecule has 4 aromatic rings. The maximum Gasteiger partial charge on any atom is 0.418 e. The molecule has 3 heterocycles. The van der Waals surface area contributed by atoms with Crippen molar-refractivity contribution in [2.24, 2.45) is 0 Å². The number of aryl methyl sites for hydroxylation is 1. The van der Waals surface area contributed by atoms with Crippen molar-refractivity contribution >= 4 is 22.4 Å². The molecule has 3 aromatic heterocycles. The largest absolute Gasteiger partial charge is 0.478 e. The van der Waals surface area contributed by atoms with E-state index in [1.165, 1.54) is 6.20 Å². The number of aromatic amines is 1. The first-order valence-corrected chi connectivity index (χ1v) is 8.89. The lowest BCUT2D eigenvalue weighted by Crippen LogP contribution is -2.11. The van der Waals surface area contributed by atoms with Crippen LogP contribution in [0.15, 0.2) is 30.5 Å². The van der Waals surface area contributed by atoms with Crippen LogP contribution in [-0.4, -0.2) is 30.9 Å². The van der Waals surface area contributed by atoms with Gasteiger partial charge in [-0.2, -0.15) is 23.4 Å². The first-order valence-electron chi connectivity index (χ1n) is 8.89. The Morgan fingerprint density at radius 3 is 2.59 bits per heavy atom. The maximum absolute atomic E-state index is 13.9. The number of nitrogens with zero attached hydrogens (tertiary/aromatic N) is 3. The molecule has 29 heavy (non-hydrogen) atoms. The number of halogens is 3. The fraction of sp³-hybridized carbons (Fsp3) is 0.250. The van der Waals surface area contributed by atoms with Crippen LogP contribution in [0.25, 0.3) is 27.7 Å². The van der Waals surface area contributed by atoms with Crippen LogP contribution < -0.4 is 0 Å². The van der Waals surface area contributed by atoms with E-state index in [4.69, 9.17) is 0 Å². The Labute approximate surface area is 163 Å². The second-order valence-corrected chi connectivity index (χ2v) is 7.24. The van der Waals surface area contributed by atoms with Gasteiger partial charge in [-0.1, -0.05) is 13.8 Å². The molecule has 0 fully saturated rings. The van der Waals surface area contributed by atoms with Crippen LogP contribution in [0, 0.1) is 6.92 Å². The molecule has 1 aromatic carbocycles. The lowest BCUT2D eigenvalue weighted by molar-refractivity contribution is -0.137. The van der Waals surface area contributed by atoms with Crippen molar-refractivity contribution in [2.45, 2.75) is 32.9 Å². The third-order valence-corrected chi connectivity index (χ3v) is 4.91. The number of hydrogen-bond donors (Lipinski definition) is 2. The minimum absolute atomic E-state index is 0.0870. The monoisotopic (exact) mass is 402 g/mol. The van der Waals surface area contributed by atoms with Gasteiger partial charge in [0.15, 0.2) is 0 Å². The fourth-order valence-electron chi connectivity index (χ4n) is 3.63. The standard InChI is InChI=1S/C20H17F3N4O2/c1-9(2)16-15(19(28)29)14-5-4-13(20(21,22)23)18(27(14)26-16)11-6-10(3)17-12(7-11)8-24-25-17/h4-9H,1-3H3,(H,24,25)(H,28,29). The summed E-state index contributed by atoms with van der Waals surface area (Å²) in [7, 11) is 0. The summed E-state index contributed by atoms with van der Waals surface area (Å²) in [6, 6.07) is 5.28. The van der Waals surface area contributed by atoms with Crippen LogP contribution in [0.2, 0.25) is 0 Å². The summed E-state index contributed by atoms with van der Waals surface area (Å²) in [5, 5.41) is 21.4. The predicted octanol–water partition coefficient (Wildman–Crippen LogP) is 5.03. The molecule has 9 heteroatoms. The van der Waals surface area contributed by atoms with Crippen LogP contribution in [-0.2, 0) is 6.18 Å². The number of H-pyrrole nitrogens is 1. The number of nitrogens with one attached hydrogen (secondary N) is 1. The van der Waals surface area contributed by atoms with Gasteiger partial charge < -0.3 is 5.11 Å². The van der Waals surface area contributed by atoms with Crippen molar-refractivity contribution in [1.29, 1.82) is 0 Å². The number of hydrogen-bond acceptors (Lipinski definition) is 3. The Balaban J connectivity index is 2.16. The minimum Gasteiger partial charge on any atom is -0.478 e. The number of pyridine rings is 1. The van der Waals surface area contributed by atoms with Gasteiger partial charge in [0.25, 0.3) is 0 Å². The van der Waals surface area contributed by atoms with Crippen molar-refractivity contribution in [3.05, 3.63) is 52.8 Å². The highest BCUT2D eigenvalue weighted by Crippen LogP contribution is 2.40. The average molecular weight is 402 g/mol. The normalized spacial score (nSPS) is 12.4. The maximum atomic E-state index is 13.9. The Kier molecular flexibility index (Phi) is 4.14. The molecule has 0 amide bonds. The van der Waals surface area contributed by atoms with Crippen molar-refractivity contribution in [3.8, 4) is 11.3 Å². The van der Waals surface area contributed by atoms with Crippen LogP contribution in [0.3, 0.4) is 0 Å². The fourth-order valence-corrected chi connectivity index (χ4v) is 3.63.